The van der Waals surface area contributed by atoms with Crippen molar-refractivity contribution in [2.24, 2.45) is 5.92 Å². The predicted octanol–water partition coefficient (Wildman–Crippen LogP) is 5.27. The van der Waals surface area contributed by atoms with Gasteiger partial charge in [0.2, 0.25) is 5.91 Å². The molecule has 3 nitrogen and oxygen atoms in total. The lowest BCUT2D eigenvalue weighted by atomic mass is 10.0. The number of amides is 1. The number of rotatable bonds is 6. The average molecular weight is 383 g/mol. The molecule has 132 valence electrons. The SMILES string of the molecule is O=C(Cc1csc(-c2ccc(Cl)cc2)n1)NC(c1ccccc1)C1CC1. The number of nitrogens with one attached hydrogen (secondary N) is 1. The van der Waals surface area contributed by atoms with Crippen LogP contribution in [0.25, 0.3) is 10.6 Å². The van der Waals surface area contributed by atoms with Gasteiger partial charge in [0.1, 0.15) is 5.01 Å². The Hall–Kier alpha value is -2.17. The standard InChI is InChI=1S/C21H19ClN2OS/c22-17-10-8-16(9-11-17)21-23-18(13-26-21)12-19(25)24-20(15-6-7-15)14-4-2-1-3-5-14/h1-5,8-11,13,15,20H,6-7,12H2,(H,24,25). The molecule has 3 aromatic rings. The van der Waals surface area contributed by atoms with Gasteiger partial charge in [-0.05, 0) is 36.5 Å². The molecule has 1 aliphatic rings. The fourth-order valence-electron chi connectivity index (χ4n) is 3.07. The highest BCUT2D eigenvalue weighted by Gasteiger charge is 2.33. The molecule has 1 fully saturated rings. The number of aromatic nitrogens is 1. The molecule has 5 heteroatoms. The molecule has 1 aromatic heterocycles. The quantitative estimate of drug-likeness (QED) is 0.630. The van der Waals surface area contributed by atoms with Crippen LogP contribution in [0.1, 0.15) is 30.1 Å². The first-order valence-corrected chi connectivity index (χ1v) is 9.99. The second-order valence-electron chi connectivity index (χ2n) is 6.62. The fraction of sp³-hybridized carbons (Fsp3) is 0.238. The smallest absolute Gasteiger partial charge is 0.226 e. The minimum Gasteiger partial charge on any atom is -0.349 e. The molecular weight excluding hydrogens is 364 g/mol. The van der Waals surface area contributed by atoms with E-state index in [1.807, 2.05) is 47.8 Å². The van der Waals surface area contributed by atoms with Gasteiger partial charge in [-0.3, -0.25) is 4.79 Å². The van der Waals surface area contributed by atoms with Gasteiger partial charge in [-0.2, -0.15) is 0 Å². The van der Waals surface area contributed by atoms with Crippen molar-refractivity contribution in [3.05, 3.63) is 76.3 Å². The van der Waals surface area contributed by atoms with E-state index in [4.69, 9.17) is 11.6 Å². The summed E-state index contributed by atoms with van der Waals surface area (Å²) in [6.45, 7) is 0. The third kappa shape index (κ3) is 4.14. The van der Waals surface area contributed by atoms with E-state index in [0.717, 1.165) is 16.3 Å². The number of hydrogen-bond donors (Lipinski definition) is 1. The van der Waals surface area contributed by atoms with Crippen LogP contribution < -0.4 is 5.32 Å². The molecule has 1 atom stereocenters. The molecule has 1 N–H and O–H groups in total. The summed E-state index contributed by atoms with van der Waals surface area (Å²) in [5.41, 5.74) is 3.01. The Balaban J connectivity index is 1.42. The summed E-state index contributed by atoms with van der Waals surface area (Å²) in [6.07, 6.45) is 2.66. The van der Waals surface area contributed by atoms with Crippen molar-refractivity contribution in [3.8, 4) is 10.6 Å². The Morgan fingerprint density at radius 3 is 2.58 bits per heavy atom. The molecular formula is C21H19ClN2OS. The molecule has 1 aliphatic carbocycles. The Kier molecular flexibility index (Phi) is 5.05. The van der Waals surface area contributed by atoms with Gasteiger partial charge in [0.15, 0.2) is 0 Å². The van der Waals surface area contributed by atoms with E-state index >= 15 is 0 Å². The van der Waals surface area contributed by atoms with Crippen molar-refractivity contribution in [1.29, 1.82) is 0 Å². The zero-order valence-electron chi connectivity index (χ0n) is 14.2. The molecule has 1 heterocycles. The molecule has 1 saturated carbocycles. The van der Waals surface area contributed by atoms with Gasteiger partial charge in [0.05, 0.1) is 18.2 Å². The van der Waals surface area contributed by atoms with Crippen LogP contribution in [0.4, 0.5) is 0 Å². The topological polar surface area (TPSA) is 42.0 Å². The minimum absolute atomic E-state index is 0.0266. The Morgan fingerprint density at radius 1 is 1.15 bits per heavy atom. The maximum Gasteiger partial charge on any atom is 0.226 e. The van der Waals surface area contributed by atoms with Gasteiger partial charge >= 0.3 is 0 Å². The minimum atomic E-state index is 0.0266. The summed E-state index contributed by atoms with van der Waals surface area (Å²) in [7, 11) is 0. The third-order valence-electron chi connectivity index (χ3n) is 4.55. The van der Waals surface area contributed by atoms with Crippen molar-refractivity contribution in [3.63, 3.8) is 0 Å². The summed E-state index contributed by atoms with van der Waals surface area (Å²) in [5.74, 6) is 0.583. The van der Waals surface area contributed by atoms with Gasteiger partial charge in [0.25, 0.3) is 0 Å². The summed E-state index contributed by atoms with van der Waals surface area (Å²) in [5, 5.41) is 6.78. The second kappa shape index (κ2) is 7.60. The zero-order chi connectivity index (χ0) is 17.9. The van der Waals surface area contributed by atoms with E-state index in [-0.39, 0.29) is 11.9 Å². The first-order valence-electron chi connectivity index (χ1n) is 8.74. The molecule has 0 bridgehead atoms. The van der Waals surface area contributed by atoms with Crippen LogP contribution in [0.5, 0.6) is 0 Å². The van der Waals surface area contributed by atoms with E-state index in [2.05, 4.69) is 22.4 Å². The highest BCUT2D eigenvalue weighted by atomic mass is 35.5. The maximum absolute atomic E-state index is 12.6. The number of halogens is 1. The molecule has 0 saturated heterocycles. The number of carbonyl (C=O) groups is 1. The molecule has 0 aliphatic heterocycles. The summed E-state index contributed by atoms with van der Waals surface area (Å²) in [4.78, 5) is 17.2. The number of hydrogen-bond acceptors (Lipinski definition) is 3. The summed E-state index contributed by atoms with van der Waals surface area (Å²) in [6, 6.07) is 17.9. The fourth-order valence-corrected chi connectivity index (χ4v) is 4.02. The molecule has 0 radical (unpaired) electrons. The molecule has 2 aromatic carbocycles. The van der Waals surface area contributed by atoms with E-state index in [0.29, 0.717) is 17.4 Å². The predicted molar refractivity (Wildman–Crippen MR) is 106 cm³/mol. The maximum atomic E-state index is 12.6. The van der Waals surface area contributed by atoms with Gasteiger partial charge in [-0.25, -0.2) is 4.98 Å². The van der Waals surface area contributed by atoms with Crippen molar-refractivity contribution in [2.75, 3.05) is 0 Å². The van der Waals surface area contributed by atoms with Crippen LogP contribution in [0.15, 0.2) is 60.0 Å². The first kappa shape index (κ1) is 17.3. The van der Waals surface area contributed by atoms with Crippen molar-refractivity contribution in [1.82, 2.24) is 10.3 Å². The summed E-state index contributed by atoms with van der Waals surface area (Å²) < 4.78 is 0. The number of thiazole rings is 1. The lowest BCUT2D eigenvalue weighted by molar-refractivity contribution is -0.121. The van der Waals surface area contributed by atoms with E-state index < -0.39 is 0 Å². The Labute approximate surface area is 162 Å². The number of benzene rings is 2. The lowest BCUT2D eigenvalue weighted by Gasteiger charge is -2.18. The molecule has 0 spiro atoms. The second-order valence-corrected chi connectivity index (χ2v) is 7.92. The molecule has 1 unspecified atom stereocenters. The average Bonchev–Trinajstić information content (AvgIpc) is 3.40. The van der Waals surface area contributed by atoms with Crippen LogP contribution in [-0.2, 0) is 11.2 Å². The molecule has 1 amide bonds. The zero-order valence-corrected chi connectivity index (χ0v) is 15.8. The number of carbonyl (C=O) groups excluding carboxylic acids is 1. The van der Waals surface area contributed by atoms with Crippen molar-refractivity contribution < 1.29 is 4.79 Å². The van der Waals surface area contributed by atoms with E-state index in [1.165, 1.54) is 18.4 Å². The summed E-state index contributed by atoms with van der Waals surface area (Å²) >= 11 is 7.48. The van der Waals surface area contributed by atoms with Crippen LogP contribution in [-0.4, -0.2) is 10.9 Å². The van der Waals surface area contributed by atoms with E-state index in [1.54, 1.807) is 11.3 Å². The van der Waals surface area contributed by atoms with Crippen molar-refractivity contribution in [2.45, 2.75) is 25.3 Å². The van der Waals surface area contributed by atoms with Gasteiger partial charge in [-0.15, -0.1) is 11.3 Å². The van der Waals surface area contributed by atoms with Crippen LogP contribution >= 0.6 is 22.9 Å². The van der Waals surface area contributed by atoms with Crippen molar-refractivity contribution >= 4 is 28.8 Å². The highest BCUT2D eigenvalue weighted by Crippen LogP contribution is 2.41. The first-order chi connectivity index (χ1) is 12.7. The van der Waals surface area contributed by atoms with Crippen LogP contribution in [0.2, 0.25) is 5.02 Å². The third-order valence-corrected chi connectivity index (χ3v) is 5.75. The lowest BCUT2D eigenvalue weighted by Crippen LogP contribution is -2.31. The normalized spacial score (nSPS) is 14.8. The highest BCUT2D eigenvalue weighted by molar-refractivity contribution is 7.13. The number of nitrogens with zero attached hydrogens (tertiary/aromatic N) is 1. The molecule has 4 rings (SSSR count). The largest absolute Gasteiger partial charge is 0.349 e. The monoisotopic (exact) mass is 382 g/mol. The Morgan fingerprint density at radius 2 is 1.88 bits per heavy atom. The van der Waals surface area contributed by atoms with Gasteiger partial charge in [0, 0.05) is 16.0 Å². The van der Waals surface area contributed by atoms with Gasteiger partial charge in [-0.1, -0.05) is 54.1 Å². The van der Waals surface area contributed by atoms with Crippen LogP contribution in [0, 0.1) is 5.92 Å². The molecule has 26 heavy (non-hydrogen) atoms. The van der Waals surface area contributed by atoms with Crippen LogP contribution in [0.3, 0.4) is 0 Å². The van der Waals surface area contributed by atoms with E-state index in [9.17, 15) is 4.79 Å². The Bertz CT molecular complexity index is 888. The van der Waals surface area contributed by atoms with Gasteiger partial charge < -0.3 is 5.32 Å².